The number of aryl methyl sites for hydroxylation is 1. The van der Waals surface area contributed by atoms with E-state index in [0.717, 1.165) is 16.7 Å². The molecule has 0 aliphatic carbocycles. The SMILES string of the molecule is Cc1ccc(C2C(C#N)=C(N)Oc3cc(OC(=O)COc4ccc(Cl)cc4)ccc32)cc1. The molecule has 0 amide bonds. The number of fused-ring (bicyclic) bond motifs is 1. The molecule has 3 aromatic carbocycles. The molecule has 1 unspecified atom stereocenters. The molecule has 3 aromatic rings. The number of nitrogens with two attached hydrogens (primary N) is 1. The Morgan fingerprint density at radius 3 is 2.47 bits per heavy atom. The van der Waals surface area contributed by atoms with E-state index in [4.69, 9.17) is 31.5 Å². The molecule has 1 atom stereocenters. The van der Waals surface area contributed by atoms with Gasteiger partial charge >= 0.3 is 5.97 Å². The standard InChI is InChI=1S/C25H19ClN2O4/c1-15-2-4-16(5-3-15)24-20-11-10-19(12-22(20)32-25(28)21(24)13-27)31-23(29)14-30-18-8-6-17(26)7-9-18/h2-12,24H,14,28H2,1H3. The first-order chi connectivity index (χ1) is 15.4. The van der Waals surface area contributed by atoms with Gasteiger partial charge in [-0.3, -0.25) is 0 Å². The van der Waals surface area contributed by atoms with Gasteiger partial charge in [0, 0.05) is 16.7 Å². The summed E-state index contributed by atoms with van der Waals surface area (Å²) >= 11 is 5.84. The van der Waals surface area contributed by atoms with Gasteiger partial charge in [-0.1, -0.05) is 47.5 Å². The Morgan fingerprint density at radius 1 is 1.09 bits per heavy atom. The van der Waals surface area contributed by atoms with Crippen molar-refractivity contribution in [3.63, 3.8) is 0 Å². The summed E-state index contributed by atoms with van der Waals surface area (Å²) in [5.41, 5.74) is 9.16. The first kappa shape index (κ1) is 21.3. The molecule has 0 bridgehead atoms. The van der Waals surface area contributed by atoms with Gasteiger partial charge in [-0.25, -0.2) is 4.79 Å². The number of carbonyl (C=O) groups is 1. The quantitative estimate of drug-likeness (QED) is 0.444. The lowest BCUT2D eigenvalue weighted by molar-refractivity contribution is -0.136. The molecule has 160 valence electrons. The summed E-state index contributed by atoms with van der Waals surface area (Å²) in [5.74, 6) is 0.290. The van der Waals surface area contributed by atoms with Crippen molar-refractivity contribution in [1.82, 2.24) is 0 Å². The number of hydrogen-bond acceptors (Lipinski definition) is 6. The molecular weight excluding hydrogens is 428 g/mol. The summed E-state index contributed by atoms with van der Waals surface area (Å²) in [4.78, 5) is 12.2. The predicted molar refractivity (Wildman–Crippen MR) is 120 cm³/mol. The summed E-state index contributed by atoms with van der Waals surface area (Å²) in [6.07, 6.45) is 0. The van der Waals surface area contributed by atoms with E-state index in [9.17, 15) is 10.1 Å². The van der Waals surface area contributed by atoms with Crippen LogP contribution in [-0.2, 0) is 4.79 Å². The van der Waals surface area contributed by atoms with Crippen molar-refractivity contribution in [3.8, 4) is 23.3 Å². The zero-order valence-corrected chi connectivity index (χ0v) is 17.9. The van der Waals surface area contributed by atoms with Crippen molar-refractivity contribution in [2.75, 3.05) is 6.61 Å². The van der Waals surface area contributed by atoms with Crippen LogP contribution in [-0.4, -0.2) is 12.6 Å². The van der Waals surface area contributed by atoms with E-state index in [0.29, 0.717) is 22.1 Å². The summed E-state index contributed by atoms with van der Waals surface area (Å²) in [7, 11) is 0. The molecule has 0 saturated carbocycles. The Balaban J connectivity index is 1.53. The molecule has 4 rings (SSSR count). The zero-order chi connectivity index (χ0) is 22.7. The lowest BCUT2D eigenvalue weighted by Gasteiger charge is -2.26. The fraction of sp³-hybridized carbons (Fsp3) is 0.120. The lowest BCUT2D eigenvalue weighted by Crippen LogP contribution is -2.21. The third kappa shape index (κ3) is 4.53. The molecule has 32 heavy (non-hydrogen) atoms. The van der Waals surface area contributed by atoms with Gasteiger partial charge in [-0.15, -0.1) is 0 Å². The molecule has 0 aromatic heterocycles. The second kappa shape index (κ2) is 9.04. The monoisotopic (exact) mass is 446 g/mol. The molecule has 2 N–H and O–H groups in total. The molecule has 1 heterocycles. The third-order valence-electron chi connectivity index (χ3n) is 5.00. The minimum atomic E-state index is -0.577. The average Bonchev–Trinajstić information content (AvgIpc) is 2.78. The Bertz CT molecular complexity index is 1230. The highest BCUT2D eigenvalue weighted by Gasteiger charge is 2.31. The van der Waals surface area contributed by atoms with Crippen molar-refractivity contribution >= 4 is 17.6 Å². The molecule has 1 aliphatic rings. The Labute approximate surface area is 190 Å². The maximum absolute atomic E-state index is 12.2. The number of allylic oxidation sites excluding steroid dienone is 1. The average molecular weight is 447 g/mol. The minimum Gasteiger partial charge on any atom is -0.482 e. The molecule has 1 aliphatic heterocycles. The van der Waals surface area contributed by atoms with Crippen LogP contribution in [0.3, 0.4) is 0 Å². The van der Waals surface area contributed by atoms with Crippen molar-refractivity contribution < 1.29 is 19.0 Å². The summed E-state index contributed by atoms with van der Waals surface area (Å²) in [5, 5.41) is 10.2. The van der Waals surface area contributed by atoms with Gasteiger partial charge in [0.05, 0.1) is 5.92 Å². The zero-order valence-electron chi connectivity index (χ0n) is 17.2. The minimum absolute atomic E-state index is 0.0279. The van der Waals surface area contributed by atoms with Crippen molar-refractivity contribution in [2.24, 2.45) is 5.73 Å². The second-order valence-corrected chi connectivity index (χ2v) is 7.69. The van der Waals surface area contributed by atoms with Crippen LogP contribution in [0.5, 0.6) is 17.2 Å². The van der Waals surface area contributed by atoms with Crippen molar-refractivity contribution in [2.45, 2.75) is 12.8 Å². The van der Waals surface area contributed by atoms with Gasteiger partial charge in [0.2, 0.25) is 5.88 Å². The summed E-state index contributed by atoms with van der Waals surface area (Å²) in [6.45, 7) is 1.72. The largest absolute Gasteiger partial charge is 0.482 e. The van der Waals surface area contributed by atoms with Crippen LogP contribution < -0.4 is 19.9 Å². The van der Waals surface area contributed by atoms with Crippen LogP contribution in [0.15, 0.2) is 78.2 Å². The van der Waals surface area contributed by atoms with Gasteiger partial charge < -0.3 is 19.9 Å². The van der Waals surface area contributed by atoms with Gasteiger partial charge in [-0.2, -0.15) is 5.26 Å². The van der Waals surface area contributed by atoms with E-state index in [1.54, 1.807) is 42.5 Å². The van der Waals surface area contributed by atoms with E-state index < -0.39 is 5.97 Å². The first-order valence-electron chi connectivity index (χ1n) is 9.82. The Morgan fingerprint density at radius 2 is 1.78 bits per heavy atom. The second-order valence-electron chi connectivity index (χ2n) is 7.25. The highest BCUT2D eigenvalue weighted by atomic mass is 35.5. The number of rotatable bonds is 5. The van der Waals surface area contributed by atoms with Crippen LogP contribution >= 0.6 is 11.6 Å². The predicted octanol–water partition coefficient (Wildman–Crippen LogP) is 4.85. The fourth-order valence-corrected chi connectivity index (χ4v) is 3.56. The fourth-order valence-electron chi connectivity index (χ4n) is 3.44. The number of halogens is 1. The van der Waals surface area contributed by atoms with Crippen LogP contribution in [0.4, 0.5) is 0 Å². The summed E-state index contributed by atoms with van der Waals surface area (Å²) in [6, 6.07) is 21.7. The first-order valence-corrected chi connectivity index (χ1v) is 10.2. The number of nitrogens with zero attached hydrogens (tertiary/aromatic N) is 1. The number of carbonyl (C=O) groups excluding carboxylic acids is 1. The molecule has 7 heteroatoms. The Kier molecular flexibility index (Phi) is 6.02. The normalized spacial score (nSPS) is 14.7. The van der Waals surface area contributed by atoms with Gasteiger partial charge in [-0.05, 0) is 42.8 Å². The van der Waals surface area contributed by atoms with Crippen molar-refractivity contribution in [1.29, 1.82) is 5.26 Å². The number of benzene rings is 3. The van der Waals surface area contributed by atoms with Crippen molar-refractivity contribution in [3.05, 3.63) is 99.9 Å². The number of ether oxygens (including phenoxy) is 3. The van der Waals surface area contributed by atoms with Crippen LogP contribution in [0.1, 0.15) is 22.6 Å². The number of nitriles is 1. The van der Waals surface area contributed by atoms with E-state index in [-0.39, 0.29) is 24.2 Å². The Hall–Kier alpha value is -3.95. The molecular formula is C25H19ClN2O4. The molecule has 0 fully saturated rings. The van der Waals surface area contributed by atoms with Gasteiger partial charge in [0.25, 0.3) is 0 Å². The van der Waals surface area contributed by atoms with E-state index in [1.165, 1.54) is 0 Å². The molecule has 0 spiro atoms. The van der Waals surface area contributed by atoms with Crippen LogP contribution in [0, 0.1) is 18.3 Å². The van der Waals surface area contributed by atoms with Gasteiger partial charge in [0.1, 0.15) is 28.9 Å². The van der Waals surface area contributed by atoms with Gasteiger partial charge in [0.15, 0.2) is 6.61 Å². The van der Waals surface area contributed by atoms with E-state index >= 15 is 0 Å². The van der Waals surface area contributed by atoms with Crippen LogP contribution in [0.2, 0.25) is 5.02 Å². The van der Waals surface area contributed by atoms with E-state index in [2.05, 4.69) is 6.07 Å². The molecule has 0 saturated heterocycles. The highest BCUT2D eigenvalue weighted by molar-refractivity contribution is 6.30. The lowest BCUT2D eigenvalue weighted by atomic mass is 9.83. The summed E-state index contributed by atoms with van der Waals surface area (Å²) < 4.78 is 16.5. The third-order valence-corrected chi connectivity index (χ3v) is 5.26. The number of esters is 1. The maximum atomic E-state index is 12.2. The molecule has 6 nitrogen and oxygen atoms in total. The van der Waals surface area contributed by atoms with Crippen LogP contribution in [0.25, 0.3) is 0 Å². The molecule has 0 radical (unpaired) electrons. The smallest absolute Gasteiger partial charge is 0.349 e. The number of hydrogen-bond donors (Lipinski definition) is 1. The topological polar surface area (TPSA) is 94.6 Å². The maximum Gasteiger partial charge on any atom is 0.349 e. The van der Waals surface area contributed by atoms with E-state index in [1.807, 2.05) is 31.2 Å². The highest BCUT2D eigenvalue weighted by Crippen LogP contribution is 2.43.